The van der Waals surface area contributed by atoms with Gasteiger partial charge in [0, 0.05) is 11.8 Å². The van der Waals surface area contributed by atoms with E-state index >= 15 is 0 Å². The molecule has 1 heterocycles. The lowest BCUT2D eigenvalue weighted by Gasteiger charge is -2.06. The first-order valence-corrected chi connectivity index (χ1v) is 5.26. The van der Waals surface area contributed by atoms with Crippen LogP contribution < -0.4 is 15.2 Å². The third-order valence-electron chi connectivity index (χ3n) is 1.99. The van der Waals surface area contributed by atoms with Gasteiger partial charge < -0.3 is 15.2 Å². The number of nitrogen functional groups attached to an aromatic ring is 1. The molecule has 2 N–H and O–H groups in total. The van der Waals surface area contributed by atoms with Crippen molar-refractivity contribution in [1.82, 2.24) is 9.97 Å². The van der Waals surface area contributed by atoms with Crippen LogP contribution in [0.2, 0.25) is 0 Å². The van der Waals surface area contributed by atoms with Crippen molar-refractivity contribution in [3.8, 4) is 17.5 Å². The highest BCUT2D eigenvalue weighted by Crippen LogP contribution is 2.22. The van der Waals surface area contributed by atoms with E-state index in [0.717, 1.165) is 0 Å². The van der Waals surface area contributed by atoms with Crippen LogP contribution in [0.4, 0.5) is 5.69 Å². The molecule has 0 radical (unpaired) electrons. The first kappa shape index (κ1) is 11.2. The largest absolute Gasteiger partial charge is 0.478 e. The van der Waals surface area contributed by atoms with Crippen molar-refractivity contribution in [2.75, 3.05) is 12.3 Å². The molecule has 0 saturated heterocycles. The molecule has 0 spiro atoms. The zero-order valence-corrected chi connectivity index (χ0v) is 9.46. The molecule has 88 valence electrons. The summed E-state index contributed by atoms with van der Waals surface area (Å²) in [6.07, 6.45) is 1.40. The molecule has 1 aromatic heterocycles. The van der Waals surface area contributed by atoms with Crippen LogP contribution >= 0.6 is 0 Å². The van der Waals surface area contributed by atoms with Gasteiger partial charge in [0.05, 0.1) is 12.7 Å². The number of ether oxygens (including phenoxy) is 2. The van der Waals surface area contributed by atoms with E-state index in [-0.39, 0.29) is 0 Å². The minimum atomic E-state index is 0.425. The molecule has 0 unspecified atom stereocenters. The quantitative estimate of drug-likeness (QED) is 0.817. The Labute approximate surface area is 99.2 Å². The molecule has 5 nitrogen and oxygen atoms in total. The SMILES string of the molecule is CCOc1cc(Oc2cccc(N)c2)ncn1. The molecule has 0 bridgehead atoms. The van der Waals surface area contributed by atoms with Crippen LogP contribution in [0.25, 0.3) is 0 Å². The van der Waals surface area contributed by atoms with Gasteiger partial charge in [-0.3, -0.25) is 0 Å². The highest BCUT2D eigenvalue weighted by Gasteiger charge is 2.02. The van der Waals surface area contributed by atoms with Gasteiger partial charge in [-0.2, -0.15) is 0 Å². The number of aromatic nitrogens is 2. The second-order valence-electron chi connectivity index (χ2n) is 3.30. The molecule has 0 amide bonds. The highest BCUT2D eigenvalue weighted by atomic mass is 16.5. The smallest absolute Gasteiger partial charge is 0.226 e. The molecule has 0 aliphatic heterocycles. The number of nitrogens with zero attached hydrogens (tertiary/aromatic N) is 2. The third kappa shape index (κ3) is 3.07. The molecule has 2 rings (SSSR count). The number of nitrogens with two attached hydrogens (primary N) is 1. The van der Waals surface area contributed by atoms with Crippen molar-refractivity contribution in [3.63, 3.8) is 0 Å². The summed E-state index contributed by atoms with van der Waals surface area (Å²) in [5, 5.41) is 0. The Morgan fingerprint density at radius 3 is 2.76 bits per heavy atom. The van der Waals surface area contributed by atoms with Gasteiger partial charge in [-0.1, -0.05) is 6.07 Å². The Morgan fingerprint density at radius 1 is 1.18 bits per heavy atom. The van der Waals surface area contributed by atoms with Gasteiger partial charge in [-0.25, -0.2) is 9.97 Å². The van der Waals surface area contributed by atoms with E-state index in [9.17, 15) is 0 Å². The van der Waals surface area contributed by atoms with E-state index in [4.69, 9.17) is 15.2 Å². The fourth-order valence-electron chi connectivity index (χ4n) is 1.30. The molecule has 0 fully saturated rings. The van der Waals surface area contributed by atoms with Crippen LogP contribution in [0.15, 0.2) is 36.7 Å². The minimum absolute atomic E-state index is 0.425. The first-order valence-electron chi connectivity index (χ1n) is 5.26. The molecular weight excluding hydrogens is 218 g/mol. The molecule has 0 aliphatic rings. The minimum Gasteiger partial charge on any atom is -0.478 e. The Hall–Kier alpha value is -2.30. The van der Waals surface area contributed by atoms with Crippen molar-refractivity contribution in [2.24, 2.45) is 0 Å². The molecule has 5 heteroatoms. The first-order chi connectivity index (χ1) is 8.28. The Kier molecular flexibility index (Phi) is 3.40. The van der Waals surface area contributed by atoms with Crippen LogP contribution in [-0.2, 0) is 0 Å². The summed E-state index contributed by atoms with van der Waals surface area (Å²) >= 11 is 0. The topological polar surface area (TPSA) is 70.3 Å². The fraction of sp³-hybridized carbons (Fsp3) is 0.167. The Bertz CT molecular complexity index is 503. The Morgan fingerprint density at radius 2 is 2.00 bits per heavy atom. The predicted octanol–water partition coefficient (Wildman–Crippen LogP) is 2.25. The van der Waals surface area contributed by atoms with E-state index in [2.05, 4.69) is 9.97 Å². The van der Waals surface area contributed by atoms with Gasteiger partial charge in [0.15, 0.2) is 0 Å². The molecular formula is C12H13N3O2. The molecule has 2 aromatic rings. The molecule has 0 atom stereocenters. The predicted molar refractivity (Wildman–Crippen MR) is 64.1 cm³/mol. The number of hydrogen-bond donors (Lipinski definition) is 1. The fourth-order valence-corrected chi connectivity index (χ4v) is 1.30. The standard InChI is InChI=1S/C12H13N3O2/c1-2-16-11-7-12(15-8-14-11)17-10-5-3-4-9(13)6-10/h3-8H,2,13H2,1H3. The number of benzene rings is 1. The second-order valence-corrected chi connectivity index (χ2v) is 3.30. The zero-order valence-electron chi connectivity index (χ0n) is 9.46. The summed E-state index contributed by atoms with van der Waals surface area (Å²) in [5.41, 5.74) is 6.29. The molecule has 1 aromatic carbocycles. The monoisotopic (exact) mass is 231 g/mol. The zero-order chi connectivity index (χ0) is 12.1. The number of hydrogen-bond acceptors (Lipinski definition) is 5. The summed E-state index contributed by atoms with van der Waals surface area (Å²) in [4.78, 5) is 7.94. The van der Waals surface area contributed by atoms with Gasteiger partial charge in [0.25, 0.3) is 0 Å². The highest BCUT2D eigenvalue weighted by molar-refractivity contribution is 5.44. The maximum absolute atomic E-state index is 5.65. The van der Waals surface area contributed by atoms with Gasteiger partial charge in [0.1, 0.15) is 12.1 Å². The summed E-state index contributed by atoms with van der Waals surface area (Å²) in [7, 11) is 0. The van der Waals surface area contributed by atoms with Gasteiger partial charge in [-0.15, -0.1) is 0 Å². The van der Waals surface area contributed by atoms with Crippen molar-refractivity contribution in [2.45, 2.75) is 6.92 Å². The lowest BCUT2D eigenvalue weighted by Crippen LogP contribution is -1.96. The van der Waals surface area contributed by atoms with Crippen LogP contribution in [0.1, 0.15) is 6.92 Å². The third-order valence-corrected chi connectivity index (χ3v) is 1.99. The van der Waals surface area contributed by atoms with Crippen molar-refractivity contribution in [1.29, 1.82) is 0 Å². The van der Waals surface area contributed by atoms with Gasteiger partial charge in [0.2, 0.25) is 11.8 Å². The summed E-state index contributed by atoms with van der Waals surface area (Å²) < 4.78 is 10.8. The average molecular weight is 231 g/mol. The number of rotatable bonds is 4. The molecule has 0 aliphatic carbocycles. The van der Waals surface area contributed by atoms with E-state index in [1.54, 1.807) is 24.3 Å². The molecule has 17 heavy (non-hydrogen) atoms. The summed E-state index contributed by atoms with van der Waals surface area (Å²) in [6, 6.07) is 8.77. The van der Waals surface area contributed by atoms with Gasteiger partial charge in [-0.05, 0) is 19.1 Å². The van der Waals surface area contributed by atoms with E-state index in [1.165, 1.54) is 6.33 Å². The van der Waals surface area contributed by atoms with Crippen LogP contribution in [-0.4, -0.2) is 16.6 Å². The second kappa shape index (κ2) is 5.16. The lowest BCUT2D eigenvalue weighted by molar-refractivity contribution is 0.323. The summed E-state index contributed by atoms with van der Waals surface area (Å²) in [5.74, 6) is 1.54. The van der Waals surface area contributed by atoms with Crippen molar-refractivity contribution >= 4 is 5.69 Å². The maximum Gasteiger partial charge on any atom is 0.226 e. The van der Waals surface area contributed by atoms with E-state index in [0.29, 0.717) is 29.8 Å². The van der Waals surface area contributed by atoms with Crippen LogP contribution in [0.3, 0.4) is 0 Å². The van der Waals surface area contributed by atoms with E-state index < -0.39 is 0 Å². The van der Waals surface area contributed by atoms with Gasteiger partial charge >= 0.3 is 0 Å². The summed E-state index contributed by atoms with van der Waals surface area (Å²) in [6.45, 7) is 2.44. The normalized spacial score (nSPS) is 9.94. The molecule has 0 saturated carbocycles. The van der Waals surface area contributed by atoms with Crippen molar-refractivity contribution in [3.05, 3.63) is 36.7 Å². The Balaban J connectivity index is 2.15. The maximum atomic E-state index is 5.65. The van der Waals surface area contributed by atoms with Crippen LogP contribution in [0.5, 0.6) is 17.5 Å². The van der Waals surface area contributed by atoms with Crippen molar-refractivity contribution < 1.29 is 9.47 Å². The lowest BCUT2D eigenvalue weighted by atomic mass is 10.3. The van der Waals surface area contributed by atoms with Crippen LogP contribution in [0, 0.1) is 0 Å². The average Bonchev–Trinajstić information content (AvgIpc) is 2.30. The number of anilines is 1. The van der Waals surface area contributed by atoms with E-state index in [1.807, 2.05) is 13.0 Å².